The number of para-hydroxylation sites is 1. The molecule has 0 bridgehead atoms. The zero-order valence-corrected chi connectivity index (χ0v) is 20.4. The fourth-order valence-corrected chi connectivity index (χ4v) is 4.49. The number of ether oxygens (including phenoxy) is 2. The van der Waals surface area contributed by atoms with Crippen molar-refractivity contribution in [2.45, 2.75) is 51.0 Å². The van der Waals surface area contributed by atoms with Crippen molar-refractivity contribution in [3.63, 3.8) is 0 Å². The van der Waals surface area contributed by atoms with E-state index in [9.17, 15) is 14.4 Å². The highest BCUT2D eigenvalue weighted by Crippen LogP contribution is 2.44. The van der Waals surface area contributed by atoms with Crippen molar-refractivity contribution in [2.75, 3.05) is 34.4 Å². The number of methoxy groups -OCH3 is 2. The highest BCUT2D eigenvalue weighted by Gasteiger charge is 2.55. The van der Waals surface area contributed by atoms with E-state index in [0.717, 1.165) is 24.2 Å². The number of carbonyl (C=O) groups is 3. The number of rotatable bonds is 12. The molecule has 1 aliphatic rings. The summed E-state index contributed by atoms with van der Waals surface area (Å²) in [7, 11) is 4.78. The fourth-order valence-electron chi connectivity index (χ4n) is 4.49. The Balaban J connectivity index is 1.88. The van der Waals surface area contributed by atoms with Gasteiger partial charge in [0, 0.05) is 45.7 Å². The molecule has 0 aliphatic carbocycles. The van der Waals surface area contributed by atoms with Crippen LogP contribution in [-0.4, -0.2) is 72.1 Å². The zero-order valence-electron chi connectivity index (χ0n) is 20.4. The molecule has 184 valence electrons. The Bertz CT molecular complexity index is 1020. The molecule has 3 amide bonds. The average Bonchev–Trinajstić information content (AvgIpc) is 3.36. The summed E-state index contributed by atoms with van der Waals surface area (Å²) in [5, 5.41) is 7.25. The number of aromatic amines is 1. The SMILES string of the molecule is CCCc1cc(CN(C)C(=O)CC2(c3ccccc3OC)CC(=O)N(CCCOC)C2=O)[nH]n1. The molecular formula is C25H34N4O5. The first kappa shape index (κ1) is 25.4. The first-order valence-electron chi connectivity index (χ1n) is 11.6. The summed E-state index contributed by atoms with van der Waals surface area (Å²) in [6.45, 7) is 3.10. The number of carbonyl (C=O) groups excluding carboxylic acids is 3. The molecule has 3 rings (SSSR count). The van der Waals surface area contributed by atoms with Gasteiger partial charge in [0.1, 0.15) is 5.75 Å². The van der Waals surface area contributed by atoms with Crippen LogP contribution in [0.1, 0.15) is 49.6 Å². The molecule has 1 N–H and O–H groups in total. The molecule has 2 heterocycles. The van der Waals surface area contributed by atoms with Gasteiger partial charge in [-0.2, -0.15) is 5.10 Å². The van der Waals surface area contributed by atoms with Gasteiger partial charge in [0.25, 0.3) is 0 Å². The number of aryl methyl sites for hydroxylation is 1. The van der Waals surface area contributed by atoms with Crippen LogP contribution in [0, 0.1) is 0 Å². The van der Waals surface area contributed by atoms with E-state index >= 15 is 0 Å². The van der Waals surface area contributed by atoms with Crippen molar-refractivity contribution < 1.29 is 23.9 Å². The molecule has 2 aromatic rings. The molecule has 0 saturated carbocycles. The van der Waals surface area contributed by atoms with Gasteiger partial charge in [-0.05, 0) is 25.0 Å². The number of nitrogens with zero attached hydrogens (tertiary/aromatic N) is 3. The number of imide groups is 1. The Morgan fingerprint density at radius 1 is 1.26 bits per heavy atom. The van der Waals surface area contributed by atoms with Gasteiger partial charge in [0.15, 0.2) is 0 Å². The number of H-pyrrole nitrogens is 1. The van der Waals surface area contributed by atoms with E-state index in [-0.39, 0.29) is 37.1 Å². The van der Waals surface area contributed by atoms with Gasteiger partial charge in [-0.1, -0.05) is 31.5 Å². The minimum absolute atomic E-state index is 0.0799. The second kappa shape index (κ2) is 11.3. The largest absolute Gasteiger partial charge is 0.496 e. The Morgan fingerprint density at radius 3 is 2.74 bits per heavy atom. The molecule has 0 spiro atoms. The highest BCUT2D eigenvalue weighted by atomic mass is 16.5. The lowest BCUT2D eigenvalue weighted by Crippen LogP contribution is -2.43. The smallest absolute Gasteiger partial charge is 0.241 e. The third-order valence-electron chi connectivity index (χ3n) is 6.24. The molecule has 1 aliphatic heterocycles. The zero-order chi connectivity index (χ0) is 24.7. The molecule has 34 heavy (non-hydrogen) atoms. The lowest BCUT2D eigenvalue weighted by atomic mass is 9.75. The van der Waals surface area contributed by atoms with Gasteiger partial charge in [-0.25, -0.2) is 0 Å². The Kier molecular flexibility index (Phi) is 8.44. The third kappa shape index (κ3) is 5.30. The maximum absolute atomic E-state index is 13.7. The summed E-state index contributed by atoms with van der Waals surface area (Å²) in [5.41, 5.74) is 1.01. The molecule has 1 unspecified atom stereocenters. The molecule has 9 nitrogen and oxygen atoms in total. The first-order chi connectivity index (χ1) is 16.4. The van der Waals surface area contributed by atoms with Crippen molar-refractivity contribution in [3.05, 3.63) is 47.3 Å². The van der Waals surface area contributed by atoms with Crippen molar-refractivity contribution >= 4 is 17.7 Å². The van der Waals surface area contributed by atoms with Crippen LogP contribution >= 0.6 is 0 Å². The number of nitrogens with one attached hydrogen (secondary N) is 1. The maximum atomic E-state index is 13.7. The maximum Gasteiger partial charge on any atom is 0.241 e. The first-order valence-corrected chi connectivity index (χ1v) is 11.6. The number of likely N-dealkylation sites (tertiary alicyclic amines) is 1. The second-order valence-electron chi connectivity index (χ2n) is 8.72. The van der Waals surface area contributed by atoms with Gasteiger partial charge >= 0.3 is 0 Å². The van der Waals surface area contributed by atoms with Gasteiger partial charge in [0.2, 0.25) is 17.7 Å². The summed E-state index contributed by atoms with van der Waals surface area (Å²) in [6.07, 6.45) is 2.16. The van der Waals surface area contributed by atoms with Crippen LogP contribution in [0.25, 0.3) is 0 Å². The normalized spacial score (nSPS) is 17.9. The van der Waals surface area contributed by atoms with Crippen molar-refractivity contribution in [1.29, 1.82) is 0 Å². The monoisotopic (exact) mass is 470 g/mol. The fraction of sp³-hybridized carbons (Fsp3) is 0.520. The lowest BCUT2D eigenvalue weighted by Gasteiger charge is -2.30. The van der Waals surface area contributed by atoms with E-state index in [1.165, 1.54) is 12.0 Å². The summed E-state index contributed by atoms with van der Waals surface area (Å²) < 4.78 is 10.6. The van der Waals surface area contributed by atoms with Gasteiger partial charge < -0.3 is 14.4 Å². The van der Waals surface area contributed by atoms with Crippen LogP contribution in [0.5, 0.6) is 5.75 Å². The molecular weight excluding hydrogens is 436 g/mol. The summed E-state index contributed by atoms with van der Waals surface area (Å²) in [6, 6.07) is 9.05. The minimum Gasteiger partial charge on any atom is -0.496 e. The van der Waals surface area contributed by atoms with Gasteiger partial charge in [-0.3, -0.25) is 24.4 Å². The molecule has 1 saturated heterocycles. The van der Waals surface area contributed by atoms with Crippen molar-refractivity contribution in [1.82, 2.24) is 20.0 Å². The van der Waals surface area contributed by atoms with E-state index in [1.54, 1.807) is 43.3 Å². The Labute approximate surface area is 200 Å². The highest BCUT2D eigenvalue weighted by molar-refractivity contribution is 6.11. The summed E-state index contributed by atoms with van der Waals surface area (Å²) in [5.74, 6) is -0.417. The predicted octanol–water partition coefficient (Wildman–Crippen LogP) is 2.45. The van der Waals surface area contributed by atoms with E-state index in [2.05, 4.69) is 17.1 Å². The van der Waals surface area contributed by atoms with Gasteiger partial charge in [0.05, 0.1) is 30.5 Å². The number of benzene rings is 1. The van der Waals surface area contributed by atoms with E-state index in [0.29, 0.717) is 30.9 Å². The quantitative estimate of drug-likeness (QED) is 0.377. The summed E-state index contributed by atoms with van der Waals surface area (Å²) >= 11 is 0. The van der Waals surface area contributed by atoms with Gasteiger partial charge in [-0.15, -0.1) is 0 Å². The van der Waals surface area contributed by atoms with Crippen LogP contribution < -0.4 is 4.74 Å². The topological polar surface area (TPSA) is 105 Å². The molecule has 1 aromatic heterocycles. The second-order valence-corrected chi connectivity index (χ2v) is 8.72. The number of hydrogen-bond acceptors (Lipinski definition) is 6. The van der Waals surface area contributed by atoms with Crippen LogP contribution in [0.2, 0.25) is 0 Å². The van der Waals surface area contributed by atoms with Crippen molar-refractivity contribution in [3.8, 4) is 5.75 Å². The van der Waals surface area contributed by atoms with Crippen molar-refractivity contribution in [2.24, 2.45) is 0 Å². The molecule has 1 fully saturated rings. The van der Waals surface area contributed by atoms with E-state index in [1.807, 2.05) is 6.07 Å². The van der Waals surface area contributed by atoms with Crippen LogP contribution in [-0.2, 0) is 37.5 Å². The molecule has 0 radical (unpaired) electrons. The average molecular weight is 471 g/mol. The van der Waals surface area contributed by atoms with Crippen LogP contribution in [0.3, 0.4) is 0 Å². The third-order valence-corrected chi connectivity index (χ3v) is 6.24. The molecule has 1 aromatic carbocycles. The Morgan fingerprint density at radius 2 is 2.03 bits per heavy atom. The van der Waals surface area contributed by atoms with E-state index < -0.39 is 5.41 Å². The number of aromatic nitrogens is 2. The predicted molar refractivity (Wildman–Crippen MR) is 126 cm³/mol. The lowest BCUT2D eigenvalue weighted by molar-refractivity contribution is -0.142. The Hall–Kier alpha value is -3.20. The van der Waals surface area contributed by atoms with E-state index in [4.69, 9.17) is 9.47 Å². The minimum atomic E-state index is -1.32. The van der Waals surface area contributed by atoms with Crippen LogP contribution in [0.15, 0.2) is 30.3 Å². The van der Waals surface area contributed by atoms with Crippen LogP contribution in [0.4, 0.5) is 0 Å². The summed E-state index contributed by atoms with van der Waals surface area (Å²) in [4.78, 5) is 42.9. The standard InChI is InChI=1S/C25H34N4O5/c1-5-9-18-14-19(27-26-18)17-28(2)22(30)15-25(20-10-6-7-11-21(20)34-4)16-23(31)29(24(25)32)12-8-13-33-3/h6-7,10-11,14H,5,8-9,12-13,15-17H2,1-4H3,(H,26,27). The number of amides is 3. The number of hydrogen-bond donors (Lipinski definition) is 1. The molecule has 1 atom stereocenters. The molecule has 9 heteroatoms.